The number of nitrogens with one attached hydrogen (secondary N) is 1. The minimum absolute atomic E-state index is 0.00288. The average molecular weight is 673 g/mol. The van der Waals surface area contributed by atoms with E-state index in [0.29, 0.717) is 37.2 Å². The van der Waals surface area contributed by atoms with Gasteiger partial charge in [0.15, 0.2) is 0 Å². The molecule has 0 aliphatic rings. The third-order valence-corrected chi connectivity index (χ3v) is 9.24. The maximum atomic E-state index is 13.9. The molecule has 0 aliphatic heterocycles. The highest BCUT2D eigenvalue weighted by Crippen LogP contribution is 2.32. The first kappa shape index (κ1) is 39.7. The SMILES string of the molecule is CCCN(C(=O)[C@@H](N=[N+]=[N-])C(C)CC)[C@H](C[C@@H](OCOC)c1nc(C(=O)N[C@@H](Cc2ccccc2)C[C@H](C)C(=O)OC)cs1)C(C)C. The Labute approximate surface area is 283 Å². The Morgan fingerprint density at radius 3 is 2.36 bits per heavy atom. The van der Waals surface area contributed by atoms with Crippen LogP contribution in [0.3, 0.4) is 0 Å². The molecule has 1 aromatic heterocycles. The van der Waals surface area contributed by atoms with E-state index in [2.05, 4.69) is 20.3 Å². The lowest BCUT2D eigenvalue weighted by Crippen LogP contribution is -2.49. The van der Waals surface area contributed by atoms with Crippen LogP contribution in [-0.2, 0) is 30.2 Å². The Balaban J connectivity index is 2.36. The molecule has 0 fully saturated rings. The van der Waals surface area contributed by atoms with E-state index in [0.717, 1.165) is 12.0 Å². The van der Waals surface area contributed by atoms with Crippen molar-refractivity contribution >= 4 is 29.1 Å². The molecule has 2 aromatic rings. The van der Waals surface area contributed by atoms with Crippen molar-refractivity contribution in [2.45, 2.75) is 97.9 Å². The van der Waals surface area contributed by atoms with Crippen LogP contribution in [0.1, 0.15) is 94.4 Å². The smallest absolute Gasteiger partial charge is 0.308 e. The van der Waals surface area contributed by atoms with E-state index in [4.69, 9.17) is 14.2 Å². The van der Waals surface area contributed by atoms with Gasteiger partial charge in [-0.05, 0) is 42.2 Å². The number of methoxy groups -OCH3 is 2. The van der Waals surface area contributed by atoms with Crippen molar-refractivity contribution in [1.29, 1.82) is 0 Å². The topological polar surface area (TPSA) is 156 Å². The molecule has 6 atom stereocenters. The number of rotatable bonds is 21. The van der Waals surface area contributed by atoms with Gasteiger partial charge in [0.05, 0.1) is 13.0 Å². The van der Waals surface area contributed by atoms with Crippen LogP contribution in [0.25, 0.3) is 10.4 Å². The fourth-order valence-corrected chi connectivity index (χ4v) is 6.38. The third kappa shape index (κ3) is 12.2. The Morgan fingerprint density at radius 1 is 1.09 bits per heavy atom. The van der Waals surface area contributed by atoms with Crippen LogP contribution in [0.5, 0.6) is 0 Å². The first-order valence-corrected chi connectivity index (χ1v) is 17.2. The van der Waals surface area contributed by atoms with Crippen molar-refractivity contribution in [2.75, 3.05) is 27.6 Å². The molecule has 0 aliphatic carbocycles. The molecule has 0 saturated heterocycles. The zero-order chi connectivity index (χ0) is 34.9. The summed E-state index contributed by atoms with van der Waals surface area (Å²) in [5.74, 6) is -1.38. The molecular formula is C34H52N6O6S. The fourth-order valence-electron chi connectivity index (χ4n) is 5.52. The molecule has 12 nitrogen and oxygen atoms in total. The van der Waals surface area contributed by atoms with Crippen LogP contribution in [0, 0.1) is 17.8 Å². The number of nitrogens with zero attached hydrogens (tertiary/aromatic N) is 5. The second-order valence-electron chi connectivity index (χ2n) is 12.3. The van der Waals surface area contributed by atoms with Gasteiger partial charge in [-0.15, -0.1) is 11.3 Å². The summed E-state index contributed by atoms with van der Waals surface area (Å²) >= 11 is 1.30. The van der Waals surface area contributed by atoms with Gasteiger partial charge in [0, 0.05) is 42.5 Å². The van der Waals surface area contributed by atoms with Crippen LogP contribution >= 0.6 is 11.3 Å². The van der Waals surface area contributed by atoms with Gasteiger partial charge in [0.2, 0.25) is 5.91 Å². The summed E-state index contributed by atoms with van der Waals surface area (Å²) in [6.07, 6.45) is 2.19. The van der Waals surface area contributed by atoms with Gasteiger partial charge in [0.25, 0.3) is 5.91 Å². The van der Waals surface area contributed by atoms with Gasteiger partial charge >= 0.3 is 5.97 Å². The Bertz CT molecular complexity index is 1300. The van der Waals surface area contributed by atoms with Gasteiger partial charge in [-0.25, -0.2) is 4.98 Å². The molecular weight excluding hydrogens is 620 g/mol. The monoisotopic (exact) mass is 672 g/mol. The molecule has 0 saturated carbocycles. The zero-order valence-electron chi connectivity index (χ0n) is 29.0. The summed E-state index contributed by atoms with van der Waals surface area (Å²) in [6, 6.07) is 8.36. The summed E-state index contributed by atoms with van der Waals surface area (Å²) < 4.78 is 16.3. The predicted molar refractivity (Wildman–Crippen MR) is 183 cm³/mol. The highest BCUT2D eigenvalue weighted by molar-refractivity contribution is 7.09. The highest BCUT2D eigenvalue weighted by atomic mass is 32.1. The number of benzene rings is 1. The molecule has 1 aromatic carbocycles. The lowest BCUT2D eigenvalue weighted by Gasteiger charge is -2.38. The summed E-state index contributed by atoms with van der Waals surface area (Å²) in [5, 5.41) is 9.24. The first-order valence-electron chi connectivity index (χ1n) is 16.3. The van der Waals surface area contributed by atoms with E-state index in [-0.39, 0.29) is 54.2 Å². The first-order chi connectivity index (χ1) is 22.5. The van der Waals surface area contributed by atoms with Gasteiger partial charge in [-0.2, -0.15) is 0 Å². The number of azide groups is 1. The van der Waals surface area contributed by atoms with Crippen LogP contribution in [-0.4, -0.2) is 73.4 Å². The van der Waals surface area contributed by atoms with Gasteiger partial charge < -0.3 is 24.4 Å². The molecule has 2 amide bonds. The number of carbonyl (C=O) groups is 3. The third-order valence-electron chi connectivity index (χ3n) is 8.30. The lowest BCUT2D eigenvalue weighted by atomic mass is 9.92. The second kappa shape index (κ2) is 20.7. The lowest BCUT2D eigenvalue weighted by molar-refractivity contribution is -0.145. The summed E-state index contributed by atoms with van der Waals surface area (Å²) in [5.41, 5.74) is 10.5. The van der Waals surface area contributed by atoms with Crippen LogP contribution in [0.2, 0.25) is 0 Å². The standard InChI is InChI=1S/C34H52N6O6S/c1-9-16-40(33(42)30(38-39-35)23(5)10-2)28(22(3)4)19-29(46-21-44-7)32-37-27(20-47-32)31(41)36-26(17-24(6)34(43)45-8)18-25-14-12-11-13-15-25/h11-15,20,22-24,26,28-30H,9-10,16-19,21H2,1-8H3,(H,36,41)/t23?,24-,26+,28+,29+,30-/m0/s1. The molecule has 0 spiro atoms. The molecule has 0 bridgehead atoms. The van der Waals surface area contributed by atoms with E-state index in [1.54, 1.807) is 12.3 Å². The number of aromatic nitrogens is 1. The van der Waals surface area contributed by atoms with Crippen molar-refractivity contribution in [2.24, 2.45) is 22.9 Å². The Kier molecular flexibility index (Phi) is 17.4. The zero-order valence-corrected chi connectivity index (χ0v) is 29.9. The molecule has 2 rings (SSSR count). The van der Waals surface area contributed by atoms with Crippen LogP contribution < -0.4 is 5.32 Å². The number of esters is 1. The van der Waals surface area contributed by atoms with Crippen molar-refractivity contribution in [3.05, 3.63) is 62.4 Å². The quantitative estimate of drug-likeness (QED) is 0.0507. The average Bonchev–Trinajstić information content (AvgIpc) is 3.56. The minimum atomic E-state index is -0.808. The Hall–Kier alpha value is -3.51. The predicted octanol–water partition coefficient (Wildman–Crippen LogP) is 6.72. The highest BCUT2D eigenvalue weighted by Gasteiger charge is 2.35. The fraction of sp³-hybridized carbons (Fsp3) is 0.647. The minimum Gasteiger partial charge on any atom is -0.469 e. The maximum Gasteiger partial charge on any atom is 0.308 e. The largest absolute Gasteiger partial charge is 0.469 e. The van der Waals surface area contributed by atoms with E-state index in [1.807, 2.05) is 69.9 Å². The van der Waals surface area contributed by atoms with Crippen molar-refractivity contribution in [1.82, 2.24) is 15.2 Å². The van der Waals surface area contributed by atoms with E-state index in [9.17, 15) is 19.9 Å². The van der Waals surface area contributed by atoms with Crippen molar-refractivity contribution in [3.63, 3.8) is 0 Å². The second-order valence-corrected chi connectivity index (χ2v) is 13.2. The Morgan fingerprint density at radius 2 is 1.79 bits per heavy atom. The number of thiazole rings is 1. The maximum absolute atomic E-state index is 13.9. The molecule has 1 heterocycles. The van der Waals surface area contributed by atoms with E-state index >= 15 is 0 Å². The molecule has 260 valence electrons. The molecule has 0 radical (unpaired) electrons. The number of hydrogen-bond acceptors (Lipinski definition) is 9. The van der Waals surface area contributed by atoms with Gasteiger partial charge in [0.1, 0.15) is 29.6 Å². The van der Waals surface area contributed by atoms with E-state index in [1.165, 1.54) is 25.6 Å². The molecule has 1 unspecified atom stereocenters. The van der Waals surface area contributed by atoms with E-state index < -0.39 is 18.1 Å². The van der Waals surface area contributed by atoms with Crippen molar-refractivity contribution < 1.29 is 28.6 Å². The van der Waals surface area contributed by atoms with Gasteiger partial charge in [-0.3, -0.25) is 14.4 Å². The van der Waals surface area contributed by atoms with Crippen LogP contribution in [0.4, 0.5) is 0 Å². The van der Waals surface area contributed by atoms with Gasteiger partial charge in [-0.1, -0.05) is 83.4 Å². The molecule has 13 heteroatoms. The summed E-state index contributed by atoms with van der Waals surface area (Å²) in [4.78, 5) is 49.1. The molecule has 1 N–H and O–H groups in total. The summed E-state index contributed by atoms with van der Waals surface area (Å²) in [6.45, 7) is 12.2. The number of ether oxygens (including phenoxy) is 3. The number of hydrogen-bond donors (Lipinski definition) is 1. The molecule has 47 heavy (non-hydrogen) atoms. The summed E-state index contributed by atoms with van der Waals surface area (Å²) in [7, 11) is 2.89. The number of amides is 2. The van der Waals surface area contributed by atoms with Crippen molar-refractivity contribution in [3.8, 4) is 0 Å². The normalized spacial score (nSPS) is 15.1. The van der Waals surface area contributed by atoms with Crippen LogP contribution in [0.15, 0.2) is 40.8 Å². The number of carbonyl (C=O) groups excluding carboxylic acids is 3.